The number of likely N-dealkylation sites (N-methyl/N-ethyl adjacent to an activating group) is 1. The molecule has 2 aliphatic rings. The fraction of sp³-hybridized carbons (Fsp3) is 0.778. The lowest BCUT2D eigenvalue weighted by molar-refractivity contribution is -0.00530. The first kappa shape index (κ1) is 22.0. The van der Waals surface area contributed by atoms with E-state index in [0.717, 1.165) is 38.6 Å². The molecule has 0 spiro atoms. The molecule has 11 heteroatoms. The fourth-order valence-corrected chi connectivity index (χ4v) is 5.30. The first-order valence-corrected chi connectivity index (χ1v) is 11.6. The molecule has 0 amide bonds. The lowest BCUT2D eigenvalue weighted by Crippen LogP contribution is -2.59. The largest absolute Gasteiger partial charge is 0.381 e. The van der Waals surface area contributed by atoms with E-state index < -0.39 is 10.0 Å². The molecule has 0 unspecified atom stereocenters. The van der Waals surface area contributed by atoms with Crippen molar-refractivity contribution in [3.8, 4) is 0 Å². The fourth-order valence-electron chi connectivity index (χ4n) is 3.88. The van der Waals surface area contributed by atoms with Crippen molar-refractivity contribution in [2.24, 2.45) is 4.99 Å². The number of hydrogen-bond acceptors (Lipinski definition) is 7. The molecule has 1 N–H and O–H groups in total. The lowest BCUT2D eigenvalue weighted by Gasteiger charge is -2.44. The molecule has 2 aliphatic heterocycles. The maximum absolute atomic E-state index is 12.6. The van der Waals surface area contributed by atoms with Gasteiger partial charge in [-0.1, -0.05) is 5.16 Å². The predicted molar refractivity (Wildman–Crippen MR) is 110 cm³/mol. The minimum absolute atomic E-state index is 0.0386. The Balaban J connectivity index is 1.54. The number of piperazine rings is 1. The summed E-state index contributed by atoms with van der Waals surface area (Å²) in [6, 6.07) is 1.58. The summed E-state index contributed by atoms with van der Waals surface area (Å²) in [7, 11) is 2.57. The van der Waals surface area contributed by atoms with E-state index in [1.165, 1.54) is 10.6 Å². The molecule has 29 heavy (non-hydrogen) atoms. The Morgan fingerprint density at radius 2 is 1.97 bits per heavy atom. The highest BCUT2D eigenvalue weighted by molar-refractivity contribution is 7.88. The minimum atomic E-state index is -3.41. The third-order valence-electron chi connectivity index (χ3n) is 5.91. The van der Waals surface area contributed by atoms with Crippen LogP contribution in [0.4, 0.5) is 0 Å². The Morgan fingerprint density at radius 3 is 2.52 bits per heavy atom. The zero-order chi connectivity index (χ0) is 20.9. The lowest BCUT2D eigenvalue weighted by atomic mass is 9.88. The van der Waals surface area contributed by atoms with Crippen molar-refractivity contribution < 1.29 is 17.7 Å². The monoisotopic (exact) mass is 428 g/mol. The van der Waals surface area contributed by atoms with Gasteiger partial charge >= 0.3 is 0 Å². The Bertz CT molecular complexity index is 766. The standard InChI is InChI=1S/C18H32N6O4S/c1-19-17(20-15-18(22(2)3)5-12-27-13-6-18)23-7-9-24(10-8-23)29(25,26)14-16-4-11-28-21-16/h4,11H,5-10,12-15H2,1-3H3,(H,19,20). The second kappa shape index (κ2) is 9.41. The molecule has 0 aliphatic carbocycles. The molecular weight excluding hydrogens is 396 g/mol. The zero-order valence-corrected chi connectivity index (χ0v) is 18.3. The third-order valence-corrected chi connectivity index (χ3v) is 7.73. The molecule has 1 aromatic rings. The van der Waals surface area contributed by atoms with Crippen molar-refractivity contribution in [3.63, 3.8) is 0 Å². The van der Waals surface area contributed by atoms with Gasteiger partial charge in [-0.3, -0.25) is 4.99 Å². The average molecular weight is 429 g/mol. The molecule has 0 atom stereocenters. The first-order chi connectivity index (χ1) is 13.9. The van der Waals surface area contributed by atoms with Gasteiger partial charge in [-0.25, -0.2) is 8.42 Å². The molecule has 0 bridgehead atoms. The highest BCUT2D eigenvalue weighted by Crippen LogP contribution is 2.25. The van der Waals surface area contributed by atoms with Crippen LogP contribution < -0.4 is 5.32 Å². The number of nitrogens with zero attached hydrogens (tertiary/aromatic N) is 5. The molecule has 0 saturated carbocycles. The van der Waals surface area contributed by atoms with Crippen LogP contribution >= 0.6 is 0 Å². The first-order valence-electron chi connectivity index (χ1n) is 9.94. The molecule has 0 aromatic carbocycles. The number of sulfonamides is 1. The molecule has 2 saturated heterocycles. The number of guanidine groups is 1. The van der Waals surface area contributed by atoms with Crippen molar-refractivity contribution in [1.82, 2.24) is 24.6 Å². The van der Waals surface area contributed by atoms with Gasteiger partial charge in [-0.2, -0.15) is 4.31 Å². The van der Waals surface area contributed by atoms with Gasteiger partial charge in [0.25, 0.3) is 0 Å². The maximum Gasteiger partial charge on any atom is 0.220 e. The van der Waals surface area contributed by atoms with Gasteiger partial charge in [0, 0.05) is 64.6 Å². The number of ether oxygens (including phenoxy) is 1. The van der Waals surface area contributed by atoms with Crippen molar-refractivity contribution in [3.05, 3.63) is 18.0 Å². The van der Waals surface area contributed by atoms with E-state index in [1.54, 1.807) is 13.1 Å². The van der Waals surface area contributed by atoms with Gasteiger partial charge in [0.15, 0.2) is 5.96 Å². The van der Waals surface area contributed by atoms with Gasteiger partial charge in [-0.05, 0) is 26.9 Å². The van der Waals surface area contributed by atoms with Gasteiger partial charge in [0.1, 0.15) is 12.0 Å². The van der Waals surface area contributed by atoms with E-state index in [9.17, 15) is 8.42 Å². The van der Waals surface area contributed by atoms with Crippen molar-refractivity contribution in [2.45, 2.75) is 24.1 Å². The van der Waals surface area contributed by atoms with Crippen LogP contribution in [0.3, 0.4) is 0 Å². The Hall–Kier alpha value is -1.69. The molecule has 2 fully saturated rings. The summed E-state index contributed by atoms with van der Waals surface area (Å²) >= 11 is 0. The number of nitrogens with one attached hydrogen (secondary N) is 1. The van der Waals surface area contributed by atoms with Crippen molar-refractivity contribution >= 4 is 16.0 Å². The topological polar surface area (TPSA) is 104 Å². The predicted octanol–water partition coefficient (Wildman–Crippen LogP) is -0.192. The van der Waals surface area contributed by atoms with E-state index in [-0.39, 0.29) is 11.3 Å². The summed E-state index contributed by atoms with van der Waals surface area (Å²) in [5.41, 5.74) is 0.465. The van der Waals surface area contributed by atoms with E-state index in [0.29, 0.717) is 31.9 Å². The van der Waals surface area contributed by atoms with E-state index in [2.05, 4.69) is 39.4 Å². The van der Waals surface area contributed by atoms with Crippen LogP contribution in [0.5, 0.6) is 0 Å². The Kier molecular flexibility index (Phi) is 7.14. The SMILES string of the molecule is CN=C(NCC1(N(C)C)CCOCC1)N1CCN(S(=O)(=O)Cc2ccon2)CC1. The van der Waals surface area contributed by atoms with Crippen molar-refractivity contribution in [1.29, 1.82) is 0 Å². The summed E-state index contributed by atoms with van der Waals surface area (Å²) in [5, 5.41) is 7.22. The number of aromatic nitrogens is 1. The second-order valence-electron chi connectivity index (χ2n) is 7.77. The molecule has 164 valence electrons. The molecule has 0 radical (unpaired) electrons. The van der Waals surface area contributed by atoms with Crippen LogP contribution in [0, 0.1) is 0 Å². The van der Waals surface area contributed by atoms with Gasteiger partial charge in [0.05, 0.1) is 5.69 Å². The zero-order valence-electron chi connectivity index (χ0n) is 17.5. The average Bonchev–Trinajstić information content (AvgIpc) is 3.22. The van der Waals surface area contributed by atoms with E-state index in [1.807, 2.05) is 0 Å². The summed E-state index contributed by atoms with van der Waals surface area (Å²) in [5.74, 6) is 0.676. The smallest absolute Gasteiger partial charge is 0.220 e. The maximum atomic E-state index is 12.6. The number of hydrogen-bond donors (Lipinski definition) is 1. The Labute approximate surface area is 172 Å². The third kappa shape index (κ3) is 5.27. The molecule has 10 nitrogen and oxygen atoms in total. The quantitative estimate of drug-likeness (QED) is 0.491. The molecule has 1 aromatic heterocycles. The van der Waals surface area contributed by atoms with Gasteiger partial charge in [0.2, 0.25) is 10.0 Å². The van der Waals surface area contributed by atoms with E-state index in [4.69, 9.17) is 9.26 Å². The van der Waals surface area contributed by atoms with Crippen LogP contribution in [0.15, 0.2) is 21.8 Å². The Morgan fingerprint density at radius 1 is 1.28 bits per heavy atom. The summed E-state index contributed by atoms with van der Waals surface area (Å²) in [4.78, 5) is 8.81. The van der Waals surface area contributed by atoms with Crippen LogP contribution in [-0.4, -0.2) is 106 Å². The normalized spacial score (nSPS) is 21.5. The van der Waals surface area contributed by atoms with Gasteiger partial charge < -0.3 is 24.4 Å². The van der Waals surface area contributed by atoms with Gasteiger partial charge in [-0.15, -0.1) is 0 Å². The molecule has 3 heterocycles. The highest BCUT2D eigenvalue weighted by Gasteiger charge is 2.36. The number of rotatable bonds is 6. The number of aliphatic imine (C=N–C) groups is 1. The minimum Gasteiger partial charge on any atom is -0.381 e. The van der Waals surface area contributed by atoms with Crippen LogP contribution in [0.2, 0.25) is 0 Å². The van der Waals surface area contributed by atoms with Crippen LogP contribution in [-0.2, 0) is 20.5 Å². The molecular formula is C18H32N6O4S. The second-order valence-corrected chi connectivity index (χ2v) is 9.73. The summed E-state index contributed by atoms with van der Waals surface area (Å²) in [6.45, 7) is 4.34. The molecule has 3 rings (SSSR count). The van der Waals surface area contributed by atoms with Crippen molar-refractivity contribution in [2.75, 3.05) is 67.1 Å². The van der Waals surface area contributed by atoms with Crippen LogP contribution in [0.1, 0.15) is 18.5 Å². The summed E-state index contributed by atoms with van der Waals surface area (Å²) < 4.78 is 37.0. The summed E-state index contributed by atoms with van der Waals surface area (Å²) in [6.07, 6.45) is 3.33. The van der Waals surface area contributed by atoms with Crippen LogP contribution in [0.25, 0.3) is 0 Å². The van der Waals surface area contributed by atoms with E-state index >= 15 is 0 Å². The highest BCUT2D eigenvalue weighted by atomic mass is 32.2.